The van der Waals surface area contributed by atoms with Crippen LogP contribution in [0.2, 0.25) is 0 Å². The molecule has 3 atom stereocenters. The van der Waals surface area contributed by atoms with E-state index < -0.39 is 29.7 Å². The summed E-state index contributed by atoms with van der Waals surface area (Å²) < 4.78 is 0. The molecule has 308 valence electrons. The number of primary amides is 1. The number of likely N-dealkylation sites (tertiary alicyclic amines) is 1. The molecule has 18 heteroatoms. The normalized spacial score (nSPS) is 23.8. The number of benzene rings is 2. The molecule has 1 aromatic heterocycles. The Labute approximate surface area is 341 Å². The van der Waals surface area contributed by atoms with Gasteiger partial charge in [0.1, 0.15) is 5.82 Å². The molecule has 0 saturated carbocycles. The lowest BCUT2D eigenvalue weighted by Crippen LogP contribution is -2.58. The van der Waals surface area contributed by atoms with Crippen molar-refractivity contribution in [2.45, 2.75) is 44.7 Å². The first-order valence-corrected chi connectivity index (χ1v) is 20.4. The van der Waals surface area contributed by atoms with E-state index in [2.05, 4.69) is 42.5 Å². The van der Waals surface area contributed by atoms with Crippen molar-refractivity contribution in [3.63, 3.8) is 0 Å². The highest BCUT2D eigenvalue weighted by Crippen LogP contribution is 2.35. The number of fused-ring (bicyclic) bond motifs is 2. The molecule has 8 amide bonds. The zero-order chi connectivity index (χ0) is 40.9. The molecule has 0 radical (unpaired) electrons. The van der Waals surface area contributed by atoms with E-state index in [1.807, 2.05) is 30.1 Å². The highest BCUT2D eigenvalue weighted by Gasteiger charge is 2.43. The van der Waals surface area contributed by atoms with E-state index in [1.165, 1.54) is 0 Å². The highest BCUT2D eigenvalue weighted by atomic mass is 16.2. The van der Waals surface area contributed by atoms with Gasteiger partial charge in [-0.3, -0.25) is 29.4 Å². The quantitative estimate of drug-likeness (QED) is 0.268. The zero-order valence-corrected chi connectivity index (χ0v) is 33.0. The molecular formula is C41H48N12O6. The Morgan fingerprint density at radius 1 is 0.847 bits per heavy atom. The summed E-state index contributed by atoms with van der Waals surface area (Å²) in [7, 11) is 1.83. The number of aromatic nitrogens is 2. The van der Waals surface area contributed by atoms with Gasteiger partial charge in [-0.1, -0.05) is 6.07 Å². The second kappa shape index (κ2) is 15.5. The van der Waals surface area contributed by atoms with Crippen molar-refractivity contribution < 1.29 is 28.8 Å². The minimum atomic E-state index is -0.781. The maximum Gasteiger partial charge on any atom is 0.343 e. The predicted octanol–water partition coefficient (Wildman–Crippen LogP) is 2.46. The summed E-state index contributed by atoms with van der Waals surface area (Å²) in [4.78, 5) is 95.5. The molecule has 3 aromatic rings. The maximum atomic E-state index is 13.4. The van der Waals surface area contributed by atoms with Gasteiger partial charge in [0.15, 0.2) is 11.5 Å². The molecule has 4 N–H and O–H groups in total. The summed E-state index contributed by atoms with van der Waals surface area (Å²) in [6.07, 6.45) is 5.59. The Morgan fingerprint density at radius 2 is 1.64 bits per heavy atom. The van der Waals surface area contributed by atoms with Crippen LogP contribution in [-0.4, -0.2) is 142 Å². The van der Waals surface area contributed by atoms with Gasteiger partial charge in [-0.25, -0.2) is 24.6 Å². The Morgan fingerprint density at radius 3 is 2.41 bits per heavy atom. The van der Waals surface area contributed by atoms with Crippen molar-refractivity contribution in [2.75, 3.05) is 81.1 Å². The summed E-state index contributed by atoms with van der Waals surface area (Å²) in [6, 6.07) is 12.7. The van der Waals surface area contributed by atoms with Crippen LogP contribution in [0.15, 0.2) is 48.7 Å². The molecule has 5 saturated heterocycles. The standard InChI is InChI=1S/C41H48N12O6/c1-47-17-18-51(41(47)59)30-3-2-13-50(24-30)33-20-43-35(36(42)55)37(45-33)44-28-5-7-29(8-6-28)49-15-11-26-10-14-48(22-27(26)23-49)21-25-4-9-31-32(19-25)39(57)53(38(31)56)52-16-12-34(54)46-40(52)58/h4-9,19-20,26-27,30H,2-3,10-18,21-24H2,1H3,(H2,42,55)(H,44,45)(H,46,54,58)/t26?,27?,30-/m1/s1. The number of hydrazine groups is 1. The number of nitrogens with one attached hydrogen (secondary N) is 2. The van der Waals surface area contributed by atoms with Gasteiger partial charge in [0.2, 0.25) is 5.91 Å². The van der Waals surface area contributed by atoms with Crippen LogP contribution < -0.4 is 26.2 Å². The number of urea groups is 2. The Hall–Kier alpha value is -6.30. The monoisotopic (exact) mass is 804 g/mol. The Kier molecular flexibility index (Phi) is 10.0. The average molecular weight is 805 g/mol. The fourth-order valence-electron chi connectivity index (χ4n) is 9.53. The topological polar surface area (TPSA) is 201 Å². The number of nitrogens with two attached hydrogens (primary N) is 1. The van der Waals surface area contributed by atoms with E-state index in [0.717, 1.165) is 91.9 Å². The minimum absolute atomic E-state index is 0.00917. The molecule has 2 aromatic carbocycles. The lowest BCUT2D eigenvalue weighted by molar-refractivity contribution is -0.122. The molecule has 6 aliphatic rings. The van der Waals surface area contributed by atoms with Crippen molar-refractivity contribution in [3.8, 4) is 0 Å². The van der Waals surface area contributed by atoms with Crippen LogP contribution in [0, 0.1) is 11.8 Å². The fourth-order valence-corrected chi connectivity index (χ4v) is 9.53. The molecule has 18 nitrogen and oxygen atoms in total. The van der Waals surface area contributed by atoms with E-state index in [0.29, 0.717) is 37.3 Å². The lowest BCUT2D eigenvalue weighted by atomic mass is 9.80. The number of hydrogen-bond donors (Lipinski definition) is 3. The van der Waals surface area contributed by atoms with E-state index in [9.17, 15) is 28.8 Å². The number of imide groups is 2. The number of amides is 8. The van der Waals surface area contributed by atoms with Crippen LogP contribution in [0.4, 0.5) is 32.6 Å². The van der Waals surface area contributed by atoms with Gasteiger partial charge >= 0.3 is 12.1 Å². The molecule has 7 heterocycles. The zero-order valence-electron chi connectivity index (χ0n) is 33.0. The second-order valence-corrected chi connectivity index (χ2v) is 16.4. The Bertz CT molecular complexity index is 2220. The van der Waals surface area contributed by atoms with Gasteiger partial charge in [-0.05, 0) is 86.0 Å². The number of nitrogens with zero attached hydrogens (tertiary/aromatic N) is 9. The van der Waals surface area contributed by atoms with Crippen LogP contribution in [0.3, 0.4) is 0 Å². The largest absolute Gasteiger partial charge is 0.371 e. The number of likely N-dealkylation sites (N-methyl/N-ethyl adjacent to an activating group) is 1. The van der Waals surface area contributed by atoms with E-state index in [4.69, 9.17) is 10.7 Å². The van der Waals surface area contributed by atoms with Crippen molar-refractivity contribution in [2.24, 2.45) is 17.6 Å². The predicted molar refractivity (Wildman–Crippen MR) is 216 cm³/mol. The maximum absolute atomic E-state index is 13.4. The molecule has 2 unspecified atom stereocenters. The van der Waals surface area contributed by atoms with Gasteiger partial charge in [-0.15, -0.1) is 0 Å². The minimum Gasteiger partial charge on any atom is -0.371 e. The molecule has 0 aliphatic carbocycles. The molecule has 6 aliphatic heterocycles. The number of hydrogen-bond acceptors (Lipinski definition) is 12. The van der Waals surface area contributed by atoms with Crippen molar-refractivity contribution in [1.29, 1.82) is 0 Å². The molecular weight excluding hydrogens is 757 g/mol. The molecule has 0 bridgehead atoms. The summed E-state index contributed by atoms with van der Waals surface area (Å²) >= 11 is 0. The van der Waals surface area contributed by atoms with Gasteiger partial charge in [0.25, 0.3) is 17.7 Å². The van der Waals surface area contributed by atoms with Crippen molar-refractivity contribution in [1.82, 2.24) is 40.0 Å². The van der Waals surface area contributed by atoms with E-state index in [1.54, 1.807) is 23.2 Å². The summed E-state index contributed by atoms with van der Waals surface area (Å²) in [5, 5.41) is 7.31. The third-order valence-electron chi connectivity index (χ3n) is 12.7. The summed E-state index contributed by atoms with van der Waals surface area (Å²) in [6.45, 7) is 7.10. The van der Waals surface area contributed by atoms with Crippen LogP contribution >= 0.6 is 0 Å². The van der Waals surface area contributed by atoms with Gasteiger partial charge in [0, 0.05) is 77.2 Å². The first-order valence-electron chi connectivity index (χ1n) is 20.4. The van der Waals surface area contributed by atoms with Crippen molar-refractivity contribution in [3.05, 3.63) is 71.0 Å². The molecule has 59 heavy (non-hydrogen) atoms. The van der Waals surface area contributed by atoms with Crippen molar-refractivity contribution >= 4 is 58.7 Å². The van der Waals surface area contributed by atoms with Gasteiger partial charge < -0.3 is 30.7 Å². The SMILES string of the molecule is CN1CCN([C@@H]2CCCN(c3cnc(C(N)=O)c(Nc4ccc(N5CCC6CCN(Cc7ccc8c(c7)C(=O)N(N7CCC(=O)NC7=O)C8=O)CC6C5)cc4)n3)C2)C1=O. The first kappa shape index (κ1) is 38.2. The van der Waals surface area contributed by atoms with Crippen LogP contribution in [0.5, 0.6) is 0 Å². The third kappa shape index (κ3) is 7.36. The number of piperidine rings is 3. The van der Waals surface area contributed by atoms with Crippen LogP contribution in [0.25, 0.3) is 0 Å². The average Bonchev–Trinajstić information content (AvgIpc) is 3.70. The molecule has 0 spiro atoms. The first-order chi connectivity index (χ1) is 28.5. The van der Waals surface area contributed by atoms with Crippen LogP contribution in [0.1, 0.15) is 68.9 Å². The molecule has 5 fully saturated rings. The van der Waals surface area contributed by atoms with Gasteiger partial charge in [0.05, 0.1) is 29.9 Å². The smallest absolute Gasteiger partial charge is 0.343 e. The van der Waals surface area contributed by atoms with E-state index >= 15 is 0 Å². The fraction of sp³-hybridized carbons (Fsp3) is 0.463. The Balaban J connectivity index is 0.827. The summed E-state index contributed by atoms with van der Waals surface area (Å²) in [5.74, 6) is -0.284. The number of carbonyl (C=O) groups excluding carboxylic acids is 6. The summed E-state index contributed by atoms with van der Waals surface area (Å²) in [5.41, 5.74) is 9.05. The highest BCUT2D eigenvalue weighted by molar-refractivity contribution is 6.22. The number of carbonyl (C=O) groups is 6. The second-order valence-electron chi connectivity index (χ2n) is 16.4. The number of anilines is 4. The van der Waals surface area contributed by atoms with Crippen LogP contribution in [-0.2, 0) is 11.3 Å². The number of rotatable bonds is 9. The third-order valence-corrected chi connectivity index (χ3v) is 12.7. The lowest BCUT2D eigenvalue weighted by Gasteiger charge is -2.45. The van der Waals surface area contributed by atoms with E-state index in [-0.39, 0.29) is 47.7 Å². The molecule has 9 rings (SSSR count). The van der Waals surface area contributed by atoms with Gasteiger partial charge in [-0.2, -0.15) is 5.01 Å².